The van der Waals surface area contributed by atoms with Crippen LogP contribution in [0.25, 0.3) is 0 Å². The van der Waals surface area contributed by atoms with E-state index in [1.54, 1.807) is 19.0 Å². The highest BCUT2D eigenvalue weighted by atomic mass is 16.2. The normalized spacial score (nSPS) is 24.2. The number of guanidine groups is 1. The molecule has 30 heavy (non-hydrogen) atoms. The second-order valence-electron chi connectivity index (χ2n) is 9.26. The van der Waals surface area contributed by atoms with E-state index in [0.29, 0.717) is 5.92 Å². The van der Waals surface area contributed by atoms with Crippen LogP contribution in [-0.4, -0.2) is 110 Å². The van der Waals surface area contributed by atoms with Gasteiger partial charge in [0.15, 0.2) is 5.96 Å². The standard InChI is InChI=1S/C22H40N6O2/c1-25(2)20(29)17-24-22(23-16-18-8-5-4-6-9-18)28-14-12-27(13-15-28)21(30)19-10-7-11-26(19)3/h18-19H,4-17H2,1-3H3,(H,23,24). The molecule has 0 spiro atoms. The summed E-state index contributed by atoms with van der Waals surface area (Å²) in [6, 6.07) is 0.0480. The van der Waals surface area contributed by atoms with Crippen molar-refractivity contribution >= 4 is 17.8 Å². The average molecular weight is 421 g/mol. The van der Waals surface area contributed by atoms with Gasteiger partial charge in [-0.25, -0.2) is 4.99 Å². The third-order valence-corrected chi connectivity index (χ3v) is 6.83. The summed E-state index contributed by atoms with van der Waals surface area (Å²) >= 11 is 0. The van der Waals surface area contributed by atoms with Crippen molar-refractivity contribution in [3.05, 3.63) is 0 Å². The Morgan fingerprint density at radius 3 is 2.20 bits per heavy atom. The van der Waals surface area contributed by atoms with Gasteiger partial charge in [0, 0.05) is 46.8 Å². The lowest BCUT2D eigenvalue weighted by molar-refractivity contribution is -0.136. The number of carbonyl (C=O) groups excluding carboxylic acids is 2. The van der Waals surface area contributed by atoms with Gasteiger partial charge in [-0.1, -0.05) is 19.3 Å². The van der Waals surface area contributed by atoms with Crippen LogP contribution in [0.3, 0.4) is 0 Å². The fourth-order valence-electron chi connectivity index (χ4n) is 4.75. The highest BCUT2D eigenvalue weighted by Crippen LogP contribution is 2.23. The Balaban J connectivity index is 1.56. The van der Waals surface area contributed by atoms with E-state index in [1.807, 2.05) is 11.9 Å². The summed E-state index contributed by atoms with van der Waals surface area (Å²) in [6.45, 7) is 5.04. The van der Waals surface area contributed by atoms with Crippen LogP contribution in [0.5, 0.6) is 0 Å². The number of likely N-dealkylation sites (tertiary alicyclic amines) is 1. The van der Waals surface area contributed by atoms with Gasteiger partial charge in [0.25, 0.3) is 0 Å². The molecule has 1 N–H and O–H groups in total. The van der Waals surface area contributed by atoms with Gasteiger partial charge < -0.3 is 20.0 Å². The minimum absolute atomic E-state index is 0.00468. The van der Waals surface area contributed by atoms with E-state index in [0.717, 1.165) is 58.1 Å². The molecule has 1 aliphatic carbocycles. The van der Waals surface area contributed by atoms with E-state index in [4.69, 9.17) is 0 Å². The van der Waals surface area contributed by atoms with E-state index in [1.165, 1.54) is 32.1 Å². The van der Waals surface area contributed by atoms with Crippen LogP contribution >= 0.6 is 0 Å². The summed E-state index contributed by atoms with van der Waals surface area (Å²) < 4.78 is 0. The van der Waals surface area contributed by atoms with Crippen molar-refractivity contribution in [1.29, 1.82) is 0 Å². The monoisotopic (exact) mass is 420 g/mol. The molecule has 1 saturated carbocycles. The number of amides is 2. The third-order valence-electron chi connectivity index (χ3n) is 6.83. The van der Waals surface area contributed by atoms with Gasteiger partial charge in [-0.05, 0) is 45.2 Å². The molecule has 1 unspecified atom stereocenters. The molecule has 170 valence electrons. The lowest BCUT2D eigenvalue weighted by atomic mass is 9.89. The molecule has 2 amide bonds. The van der Waals surface area contributed by atoms with Gasteiger partial charge >= 0.3 is 0 Å². The van der Waals surface area contributed by atoms with Crippen LogP contribution in [0.4, 0.5) is 0 Å². The maximum Gasteiger partial charge on any atom is 0.243 e. The lowest BCUT2D eigenvalue weighted by Gasteiger charge is -2.38. The molecule has 8 nitrogen and oxygen atoms in total. The molecule has 0 bridgehead atoms. The molecule has 3 aliphatic rings. The molecular weight excluding hydrogens is 380 g/mol. The summed E-state index contributed by atoms with van der Waals surface area (Å²) in [6.07, 6.45) is 8.60. The molecule has 8 heteroatoms. The van der Waals surface area contributed by atoms with Crippen LogP contribution < -0.4 is 5.32 Å². The largest absolute Gasteiger partial charge is 0.356 e. The predicted molar refractivity (Wildman–Crippen MR) is 119 cm³/mol. The molecule has 3 rings (SSSR count). The summed E-state index contributed by atoms with van der Waals surface area (Å²) in [4.78, 5) is 37.6. The second-order valence-corrected chi connectivity index (χ2v) is 9.26. The van der Waals surface area contributed by atoms with Gasteiger partial charge in [-0.15, -0.1) is 0 Å². The van der Waals surface area contributed by atoms with Crippen LogP contribution in [0.2, 0.25) is 0 Å². The molecule has 0 aromatic carbocycles. The van der Waals surface area contributed by atoms with Crippen LogP contribution in [0, 0.1) is 5.92 Å². The van der Waals surface area contributed by atoms with Gasteiger partial charge in [0.1, 0.15) is 6.54 Å². The quantitative estimate of drug-likeness (QED) is 0.527. The molecule has 2 heterocycles. The summed E-state index contributed by atoms with van der Waals surface area (Å²) in [5, 5.41) is 3.55. The van der Waals surface area contributed by atoms with Gasteiger partial charge in [0.2, 0.25) is 11.8 Å². The molecule has 2 aliphatic heterocycles. The molecule has 0 aromatic heterocycles. The van der Waals surface area contributed by atoms with Crippen molar-refractivity contribution in [2.24, 2.45) is 10.9 Å². The minimum atomic E-state index is 0.00468. The molecule has 0 radical (unpaired) electrons. The lowest BCUT2D eigenvalue weighted by Crippen LogP contribution is -2.56. The zero-order valence-electron chi connectivity index (χ0n) is 19.1. The van der Waals surface area contributed by atoms with Crippen LogP contribution in [-0.2, 0) is 9.59 Å². The smallest absolute Gasteiger partial charge is 0.243 e. The first kappa shape index (κ1) is 22.8. The number of hydrogen-bond acceptors (Lipinski definition) is 4. The third kappa shape index (κ3) is 6.09. The van der Waals surface area contributed by atoms with Crippen molar-refractivity contribution in [3.63, 3.8) is 0 Å². The number of nitrogens with zero attached hydrogens (tertiary/aromatic N) is 5. The van der Waals surface area contributed by atoms with Gasteiger partial charge in [0.05, 0.1) is 6.04 Å². The Morgan fingerprint density at radius 1 is 0.933 bits per heavy atom. The number of rotatable bonds is 5. The Labute approximate surface area is 181 Å². The van der Waals surface area contributed by atoms with E-state index >= 15 is 0 Å². The fraction of sp³-hybridized carbons (Fsp3) is 0.864. The predicted octanol–water partition coefficient (Wildman–Crippen LogP) is 0.839. The summed E-state index contributed by atoms with van der Waals surface area (Å²) in [5.41, 5.74) is 0. The first-order valence-electron chi connectivity index (χ1n) is 11.7. The first-order chi connectivity index (χ1) is 14.5. The number of aliphatic imine (C=N–C) groups is 1. The maximum absolute atomic E-state index is 12.9. The zero-order valence-corrected chi connectivity index (χ0v) is 19.1. The second kappa shape index (κ2) is 11.0. The highest BCUT2D eigenvalue weighted by molar-refractivity contribution is 5.85. The van der Waals surface area contributed by atoms with E-state index in [2.05, 4.69) is 20.1 Å². The molecule has 2 saturated heterocycles. The van der Waals surface area contributed by atoms with Crippen molar-refractivity contribution in [2.75, 3.05) is 67.0 Å². The Kier molecular flexibility index (Phi) is 8.36. The Bertz CT molecular complexity index is 609. The van der Waals surface area contributed by atoms with Crippen molar-refractivity contribution in [2.45, 2.75) is 51.0 Å². The highest BCUT2D eigenvalue weighted by Gasteiger charge is 2.33. The molecular formula is C22H40N6O2. The van der Waals surface area contributed by atoms with E-state index < -0.39 is 0 Å². The average Bonchev–Trinajstić information content (AvgIpc) is 3.19. The minimum Gasteiger partial charge on any atom is -0.356 e. The van der Waals surface area contributed by atoms with Gasteiger partial charge in [-0.2, -0.15) is 0 Å². The topological polar surface area (TPSA) is 71.5 Å². The fourth-order valence-corrected chi connectivity index (χ4v) is 4.75. The molecule has 0 aromatic rings. The van der Waals surface area contributed by atoms with E-state index in [9.17, 15) is 9.59 Å². The van der Waals surface area contributed by atoms with E-state index in [-0.39, 0.29) is 24.4 Å². The maximum atomic E-state index is 12.9. The van der Waals surface area contributed by atoms with Crippen LogP contribution in [0.15, 0.2) is 4.99 Å². The Hall–Kier alpha value is -1.83. The summed E-state index contributed by atoms with van der Waals surface area (Å²) in [7, 11) is 5.57. The Morgan fingerprint density at radius 2 is 1.60 bits per heavy atom. The van der Waals surface area contributed by atoms with Crippen molar-refractivity contribution < 1.29 is 9.59 Å². The van der Waals surface area contributed by atoms with Gasteiger partial charge in [-0.3, -0.25) is 14.5 Å². The number of hydrogen-bond donors (Lipinski definition) is 1. The number of carbonyl (C=O) groups is 2. The van der Waals surface area contributed by atoms with Crippen molar-refractivity contribution in [3.8, 4) is 0 Å². The number of nitrogens with one attached hydrogen (secondary N) is 1. The number of piperazine rings is 1. The zero-order chi connectivity index (χ0) is 21.5. The number of likely N-dealkylation sites (N-methyl/N-ethyl adjacent to an activating group) is 2. The molecule has 1 atom stereocenters. The van der Waals surface area contributed by atoms with Crippen molar-refractivity contribution in [1.82, 2.24) is 24.9 Å². The SMILES string of the molecule is CN(C)C(=O)CN=C(NCC1CCCCC1)N1CCN(C(=O)C2CCCN2C)CC1. The van der Waals surface area contributed by atoms with Crippen LogP contribution in [0.1, 0.15) is 44.9 Å². The summed E-state index contributed by atoms with van der Waals surface area (Å²) in [5.74, 6) is 1.78. The first-order valence-corrected chi connectivity index (χ1v) is 11.7. The molecule has 3 fully saturated rings.